The molecule has 1 rings (SSSR count). The van der Waals surface area contributed by atoms with Crippen molar-refractivity contribution in [1.29, 1.82) is 0 Å². The summed E-state index contributed by atoms with van der Waals surface area (Å²) in [5, 5.41) is 0. The topological polar surface area (TPSA) is 9.23 Å². The largest absolute Gasteiger partial charge is 0.417 e. The van der Waals surface area contributed by atoms with Gasteiger partial charge in [-0.3, -0.25) is 0 Å². The molecule has 0 aromatic rings. The van der Waals surface area contributed by atoms with E-state index in [2.05, 4.69) is 13.1 Å². The van der Waals surface area contributed by atoms with Gasteiger partial charge in [0.15, 0.2) is 8.32 Å². The Bertz CT molecular complexity index is 80.9. The molecule has 0 aliphatic carbocycles. The van der Waals surface area contributed by atoms with Gasteiger partial charge >= 0.3 is 0 Å². The van der Waals surface area contributed by atoms with E-state index in [9.17, 15) is 0 Å². The Labute approximate surface area is 58.5 Å². The number of rotatable bonds is 0. The minimum absolute atomic E-state index is 1.03. The van der Waals surface area contributed by atoms with E-state index in [1.54, 1.807) is 0 Å². The fourth-order valence-corrected chi connectivity index (χ4v) is 3.19. The average molecular weight is 144 g/mol. The molecule has 1 aliphatic heterocycles. The summed E-state index contributed by atoms with van der Waals surface area (Å²) in [4.78, 5) is 0. The summed E-state index contributed by atoms with van der Waals surface area (Å²) in [6, 6.07) is 1.37. The molecule has 0 spiro atoms. The maximum absolute atomic E-state index is 5.73. The van der Waals surface area contributed by atoms with Crippen molar-refractivity contribution < 1.29 is 4.43 Å². The molecule has 54 valence electrons. The zero-order valence-electron chi connectivity index (χ0n) is 6.44. The van der Waals surface area contributed by atoms with E-state index in [-0.39, 0.29) is 0 Å². The van der Waals surface area contributed by atoms with Crippen LogP contribution in [0.5, 0.6) is 0 Å². The Morgan fingerprint density at radius 1 is 1.11 bits per heavy atom. The summed E-state index contributed by atoms with van der Waals surface area (Å²) in [7, 11) is -1.14. The Morgan fingerprint density at radius 3 is 2.67 bits per heavy atom. The van der Waals surface area contributed by atoms with Crippen LogP contribution in [0.15, 0.2) is 0 Å². The Balaban J connectivity index is 2.36. The molecule has 2 heteroatoms. The normalized spacial score (nSPS) is 27.3. The third-order valence-corrected chi connectivity index (χ3v) is 4.46. The van der Waals surface area contributed by atoms with Crippen LogP contribution >= 0.6 is 0 Å². The van der Waals surface area contributed by atoms with Gasteiger partial charge in [-0.1, -0.05) is 12.8 Å². The predicted octanol–water partition coefficient (Wildman–Crippen LogP) is 2.39. The minimum atomic E-state index is -1.14. The molecule has 1 saturated heterocycles. The van der Waals surface area contributed by atoms with Crippen molar-refractivity contribution in [3.8, 4) is 0 Å². The zero-order valence-corrected chi connectivity index (χ0v) is 7.44. The first kappa shape index (κ1) is 7.29. The van der Waals surface area contributed by atoms with Crippen LogP contribution in [-0.2, 0) is 4.43 Å². The van der Waals surface area contributed by atoms with Gasteiger partial charge in [-0.05, 0) is 25.6 Å². The number of hydrogen-bond donors (Lipinski definition) is 0. The van der Waals surface area contributed by atoms with E-state index >= 15 is 0 Å². The smallest absolute Gasteiger partial charge is 0.186 e. The van der Waals surface area contributed by atoms with Crippen LogP contribution in [0.2, 0.25) is 19.1 Å². The fourth-order valence-electron chi connectivity index (χ4n) is 1.25. The van der Waals surface area contributed by atoms with Crippen LogP contribution in [0.1, 0.15) is 19.3 Å². The summed E-state index contributed by atoms with van der Waals surface area (Å²) in [5.41, 5.74) is 0. The van der Waals surface area contributed by atoms with E-state index in [4.69, 9.17) is 4.43 Å². The quantitative estimate of drug-likeness (QED) is 0.474. The van der Waals surface area contributed by atoms with E-state index in [1.807, 2.05) is 0 Å². The van der Waals surface area contributed by atoms with Crippen molar-refractivity contribution in [3.05, 3.63) is 0 Å². The maximum Gasteiger partial charge on any atom is 0.186 e. The van der Waals surface area contributed by atoms with Crippen molar-refractivity contribution >= 4 is 8.32 Å². The van der Waals surface area contributed by atoms with E-state index in [0.29, 0.717) is 0 Å². The first-order valence-corrected chi connectivity index (χ1v) is 6.96. The highest BCUT2D eigenvalue weighted by atomic mass is 28.4. The van der Waals surface area contributed by atoms with Crippen molar-refractivity contribution in [2.24, 2.45) is 0 Å². The summed E-state index contributed by atoms with van der Waals surface area (Å²) in [6.45, 7) is 5.66. The summed E-state index contributed by atoms with van der Waals surface area (Å²) in [5.74, 6) is 0. The van der Waals surface area contributed by atoms with Crippen molar-refractivity contribution in [3.63, 3.8) is 0 Å². The van der Waals surface area contributed by atoms with Crippen LogP contribution in [0, 0.1) is 0 Å². The monoisotopic (exact) mass is 144 g/mol. The zero-order chi connectivity index (χ0) is 6.74. The van der Waals surface area contributed by atoms with Crippen LogP contribution < -0.4 is 0 Å². The lowest BCUT2D eigenvalue weighted by molar-refractivity contribution is 0.310. The molecular weight excluding hydrogens is 128 g/mol. The molecule has 0 N–H and O–H groups in total. The van der Waals surface area contributed by atoms with Crippen molar-refractivity contribution in [2.75, 3.05) is 6.61 Å². The van der Waals surface area contributed by atoms with Crippen LogP contribution in [0.3, 0.4) is 0 Å². The standard InChI is InChI=1S/C7H16OSi/c1-9(2)7-5-3-4-6-8-9/h3-7H2,1-2H3. The van der Waals surface area contributed by atoms with Gasteiger partial charge in [-0.2, -0.15) is 0 Å². The third-order valence-electron chi connectivity index (χ3n) is 1.92. The Morgan fingerprint density at radius 2 is 1.89 bits per heavy atom. The average Bonchev–Trinajstić information content (AvgIpc) is 1.92. The highest BCUT2D eigenvalue weighted by Gasteiger charge is 2.23. The van der Waals surface area contributed by atoms with Gasteiger partial charge in [0, 0.05) is 6.61 Å². The summed E-state index contributed by atoms with van der Waals surface area (Å²) < 4.78 is 5.73. The second kappa shape index (κ2) is 2.84. The molecule has 0 atom stereocenters. The molecule has 0 saturated carbocycles. The summed E-state index contributed by atoms with van der Waals surface area (Å²) in [6.07, 6.45) is 4.08. The lowest BCUT2D eigenvalue weighted by Gasteiger charge is -2.18. The van der Waals surface area contributed by atoms with Crippen LogP contribution in [0.25, 0.3) is 0 Å². The lowest BCUT2D eigenvalue weighted by atomic mass is 10.3. The second-order valence-electron chi connectivity index (χ2n) is 3.42. The van der Waals surface area contributed by atoms with Gasteiger partial charge in [0.2, 0.25) is 0 Å². The molecule has 1 heterocycles. The highest BCUT2D eigenvalue weighted by molar-refractivity contribution is 6.71. The Hall–Kier alpha value is 0.177. The van der Waals surface area contributed by atoms with Gasteiger partial charge in [0.05, 0.1) is 0 Å². The third kappa shape index (κ3) is 2.50. The molecule has 1 aliphatic rings. The van der Waals surface area contributed by atoms with Gasteiger partial charge in [0.25, 0.3) is 0 Å². The lowest BCUT2D eigenvalue weighted by Crippen LogP contribution is -2.28. The van der Waals surface area contributed by atoms with Crippen LogP contribution in [0.4, 0.5) is 0 Å². The van der Waals surface area contributed by atoms with Crippen molar-refractivity contribution in [1.82, 2.24) is 0 Å². The van der Waals surface area contributed by atoms with Gasteiger partial charge < -0.3 is 4.43 Å². The molecular formula is C7H16OSi. The van der Waals surface area contributed by atoms with Gasteiger partial charge in [0.1, 0.15) is 0 Å². The molecule has 0 unspecified atom stereocenters. The first-order chi connectivity index (χ1) is 4.21. The Kier molecular flexibility index (Phi) is 2.30. The molecule has 0 aromatic carbocycles. The number of hydrogen-bond acceptors (Lipinski definition) is 1. The SMILES string of the molecule is C[Si]1(C)CCCCCO1. The van der Waals surface area contributed by atoms with E-state index in [1.165, 1.54) is 25.3 Å². The molecule has 9 heavy (non-hydrogen) atoms. The highest BCUT2D eigenvalue weighted by Crippen LogP contribution is 2.19. The first-order valence-electron chi connectivity index (χ1n) is 3.85. The molecule has 1 fully saturated rings. The van der Waals surface area contributed by atoms with Gasteiger partial charge in [-0.15, -0.1) is 0 Å². The van der Waals surface area contributed by atoms with Gasteiger partial charge in [-0.25, -0.2) is 0 Å². The maximum atomic E-state index is 5.73. The molecule has 1 nitrogen and oxygen atoms in total. The fraction of sp³-hybridized carbons (Fsp3) is 1.00. The molecule has 0 aromatic heterocycles. The predicted molar refractivity (Wildman–Crippen MR) is 42.1 cm³/mol. The minimum Gasteiger partial charge on any atom is -0.417 e. The van der Waals surface area contributed by atoms with Crippen molar-refractivity contribution in [2.45, 2.75) is 38.4 Å². The molecule has 0 radical (unpaired) electrons. The molecule has 0 bridgehead atoms. The second-order valence-corrected chi connectivity index (χ2v) is 7.73. The van der Waals surface area contributed by atoms with Crippen LogP contribution in [-0.4, -0.2) is 14.9 Å². The summed E-state index contributed by atoms with van der Waals surface area (Å²) >= 11 is 0. The van der Waals surface area contributed by atoms with E-state index in [0.717, 1.165) is 6.61 Å². The molecule has 0 amide bonds. The van der Waals surface area contributed by atoms with E-state index < -0.39 is 8.32 Å².